The molecule has 47 heavy (non-hydrogen) atoms. The number of anilines is 2. The number of amides is 1. The van der Waals surface area contributed by atoms with Crippen molar-refractivity contribution >= 4 is 50.9 Å². The maximum absolute atomic E-state index is 14.1. The van der Waals surface area contributed by atoms with Crippen LogP contribution in [0.2, 0.25) is 5.02 Å². The first-order valence-electron chi connectivity index (χ1n) is 14.5. The molecule has 0 saturated carbocycles. The van der Waals surface area contributed by atoms with E-state index in [4.69, 9.17) is 11.6 Å². The van der Waals surface area contributed by atoms with E-state index in [1.807, 2.05) is 110 Å². The predicted octanol–water partition coefficient (Wildman–Crippen LogP) is 8.51. The second-order valence-corrected chi connectivity index (χ2v) is 13.6. The van der Waals surface area contributed by atoms with E-state index in [1.165, 1.54) is 23.9 Å². The van der Waals surface area contributed by atoms with E-state index in [1.54, 1.807) is 12.1 Å². The number of rotatable bonds is 10. The molecule has 234 valence electrons. The molecule has 1 aromatic heterocycles. The van der Waals surface area contributed by atoms with Crippen molar-refractivity contribution in [3.8, 4) is 22.5 Å². The van der Waals surface area contributed by atoms with E-state index in [2.05, 4.69) is 25.2 Å². The van der Waals surface area contributed by atoms with E-state index < -0.39 is 15.9 Å². The van der Waals surface area contributed by atoms with Crippen LogP contribution in [0.5, 0.6) is 0 Å². The Morgan fingerprint density at radius 2 is 1.36 bits per heavy atom. The molecule has 0 radical (unpaired) electrons. The molecule has 0 unspecified atom stereocenters. The molecule has 5 aromatic carbocycles. The van der Waals surface area contributed by atoms with Gasteiger partial charge in [0.2, 0.25) is 0 Å². The molecular weight excluding hydrogens is 650 g/mol. The van der Waals surface area contributed by atoms with Crippen LogP contribution < -0.4 is 10.0 Å². The molecule has 0 spiro atoms. The Bertz CT molecular complexity index is 2130. The van der Waals surface area contributed by atoms with Crippen molar-refractivity contribution in [3.63, 3.8) is 0 Å². The Labute approximate surface area is 282 Å². The first kappa shape index (κ1) is 31.9. The van der Waals surface area contributed by atoms with Crippen LogP contribution in [0.25, 0.3) is 22.5 Å². The molecular formula is C36H28ClN5O3S2. The summed E-state index contributed by atoms with van der Waals surface area (Å²) in [4.78, 5) is 18.2. The second-order valence-electron chi connectivity index (χ2n) is 10.5. The highest BCUT2D eigenvalue weighted by atomic mass is 35.5. The van der Waals surface area contributed by atoms with Crippen LogP contribution in [0.15, 0.2) is 137 Å². The lowest BCUT2D eigenvalue weighted by Gasteiger charge is -2.15. The van der Waals surface area contributed by atoms with Crippen molar-refractivity contribution in [2.24, 2.45) is 0 Å². The summed E-state index contributed by atoms with van der Waals surface area (Å²) in [6, 6.07) is 38.4. The fourth-order valence-electron chi connectivity index (χ4n) is 4.73. The van der Waals surface area contributed by atoms with Gasteiger partial charge in [0.25, 0.3) is 21.9 Å². The number of benzene rings is 5. The van der Waals surface area contributed by atoms with E-state index >= 15 is 0 Å². The van der Waals surface area contributed by atoms with Crippen LogP contribution >= 0.6 is 23.4 Å². The molecule has 1 amide bonds. The molecule has 6 rings (SSSR count). The molecule has 8 nitrogen and oxygen atoms in total. The minimum Gasteiger partial charge on any atom is -0.322 e. The fraction of sp³-hybridized carbons (Fsp3) is 0.0556. The van der Waals surface area contributed by atoms with E-state index in [0.29, 0.717) is 27.7 Å². The normalized spacial score (nSPS) is 11.2. The smallest absolute Gasteiger partial charge is 0.265 e. The van der Waals surface area contributed by atoms with E-state index in [9.17, 15) is 13.2 Å². The highest BCUT2D eigenvalue weighted by Gasteiger charge is 2.26. The van der Waals surface area contributed by atoms with Crippen molar-refractivity contribution in [3.05, 3.63) is 149 Å². The Kier molecular flexibility index (Phi) is 9.63. The van der Waals surface area contributed by atoms with Crippen LogP contribution in [0, 0.1) is 6.92 Å². The summed E-state index contributed by atoms with van der Waals surface area (Å²) in [6.45, 7) is 1.94. The average molecular weight is 678 g/mol. The summed E-state index contributed by atoms with van der Waals surface area (Å²) in [7, 11) is -4.35. The van der Waals surface area contributed by atoms with E-state index in [0.717, 1.165) is 22.3 Å². The standard InChI is InChI=1S/C36H28ClN5O3S2/c1-24-17-19-28(20-18-24)38-35(43)29-21-32(31(22-30(29)37)46-23-25-11-5-2-6-12-25)47(44,45)42-36-39-33(26-13-7-3-8-14-26)34(40-41-36)27-15-9-4-10-16-27/h2-22H,23H2,1H3,(H,38,43)(H,39,41,42). The number of aromatic nitrogens is 3. The van der Waals surface area contributed by atoms with Gasteiger partial charge < -0.3 is 5.32 Å². The molecule has 0 aliphatic heterocycles. The van der Waals surface area contributed by atoms with Gasteiger partial charge in [-0.2, -0.15) is 0 Å². The number of sulfonamides is 1. The van der Waals surface area contributed by atoms with Crippen molar-refractivity contribution in [1.29, 1.82) is 0 Å². The molecule has 11 heteroatoms. The predicted molar refractivity (Wildman–Crippen MR) is 188 cm³/mol. The zero-order valence-corrected chi connectivity index (χ0v) is 27.5. The maximum atomic E-state index is 14.1. The Morgan fingerprint density at radius 3 is 2.00 bits per heavy atom. The summed E-state index contributed by atoms with van der Waals surface area (Å²) in [6.07, 6.45) is 0. The van der Waals surface area contributed by atoms with Crippen LogP contribution in [-0.2, 0) is 15.8 Å². The second kappa shape index (κ2) is 14.2. The molecule has 0 atom stereocenters. The largest absolute Gasteiger partial charge is 0.322 e. The lowest BCUT2D eigenvalue weighted by Crippen LogP contribution is -2.19. The number of hydrogen-bond donors (Lipinski definition) is 2. The molecule has 0 aliphatic rings. The quantitative estimate of drug-likeness (QED) is 0.140. The summed E-state index contributed by atoms with van der Waals surface area (Å²) < 4.78 is 30.7. The average Bonchev–Trinajstić information content (AvgIpc) is 3.09. The van der Waals surface area contributed by atoms with Gasteiger partial charge in [0.15, 0.2) is 0 Å². The van der Waals surface area contributed by atoms with Crippen molar-refractivity contribution in [1.82, 2.24) is 15.2 Å². The monoisotopic (exact) mass is 677 g/mol. The molecule has 2 N–H and O–H groups in total. The summed E-state index contributed by atoms with van der Waals surface area (Å²) in [5.41, 5.74) is 5.04. The van der Waals surface area contributed by atoms with Crippen LogP contribution in [0.4, 0.5) is 11.6 Å². The van der Waals surface area contributed by atoms with Gasteiger partial charge in [0.1, 0.15) is 16.3 Å². The fourth-order valence-corrected chi connectivity index (χ4v) is 7.51. The number of carbonyl (C=O) groups is 1. The van der Waals surface area contributed by atoms with Gasteiger partial charge in [0.05, 0.1) is 10.6 Å². The molecule has 0 bridgehead atoms. The highest BCUT2D eigenvalue weighted by molar-refractivity contribution is 7.99. The SMILES string of the molecule is Cc1ccc(NC(=O)c2cc(S(=O)(=O)Nc3nnc(-c4ccccc4)c(-c4ccccc4)n3)c(SCc3ccccc3)cc2Cl)cc1. The number of halogens is 1. The third-order valence-corrected chi connectivity index (χ3v) is 10.1. The molecule has 0 fully saturated rings. The zero-order chi connectivity index (χ0) is 32.8. The van der Waals surface area contributed by atoms with Gasteiger partial charge in [-0.05, 0) is 36.8 Å². The van der Waals surface area contributed by atoms with Crippen molar-refractivity contribution < 1.29 is 13.2 Å². The van der Waals surface area contributed by atoms with Gasteiger partial charge in [-0.1, -0.05) is 120 Å². The number of nitrogens with one attached hydrogen (secondary N) is 2. The summed E-state index contributed by atoms with van der Waals surface area (Å²) >= 11 is 7.91. The highest BCUT2D eigenvalue weighted by Crippen LogP contribution is 2.36. The first-order chi connectivity index (χ1) is 22.8. The number of aryl methyl sites for hydroxylation is 1. The number of nitrogens with zero attached hydrogens (tertiary/aromatic N) is 3. The first-order valence-corrected chi connectivity index (χ1v) is 17.4. The van der Waals surface area contributed by atoms with Crippen molar-refractivity contribution in [2.45, 2.75) is 22.5 Å². The lowest BCUT2D eigenvalue weighted by atomic mass is 10.0. The topological polar surface area (TPSA) is 114 Å². The van der Waals surface area contributed by atoms with Crippen molar-refractivity contribution in [2.75, 3.05) is 10.0 Å². The maximum Gasteiger partial charge on any atom is 0.265 e. The zero-order valence-electron chi connectivity index (χ0n) is 25.1. The minimum absolute atomic E-state index is 0.000112. The van der Waals surface area contributed by atoms with Gasteiger partial charge >= 0.3 is 0 Å². The summed E-state index contributed by atoms with van der Waals surface area (Å²) in [5.74, 6) is -0.300. The Hall–Kier alpha value is -5.03. The van der Waals surface area contributed by atoms with Gasteiger partial charge in [-0.3, -0.25) is 4.79 Å². The van der Waals surface area contributed by atoms with Gasteiger partial charge in [-0.15, -0.1) is 22.0 Å². The van der Waals surface area contributed by atoms with Crippen LogP contribution in [-0.4, -0.2) is 29.5 Å². The number of hydrogen-bond acceptors (Lipinski definition) is 7. The molecule has 0 saturated heterocycles. The lowest BCUT2D eigenvalue weighted by molar-refractivity contribution is 0.102. The summed E-state index contributed by atoms with van der Waals surface area (Å²) in [5, 5.41) is 11.4. The Balaban J connectivity index is 1.39. The van der Waals surface area contributed by atoms with Crippen LogP contribution in [0.3, 0.4) is 0 Å². The number of carbonyl (C=O) groups excluding carboxylic acids is 1. The molecule has 0 aliphatic carbocycles. The molecule has 1 heterocycles. The molecule has 6 aromatic rings. The third kappa shape index (κ3) is 7.69. The van der Waals surface area contributed by atoms with Crippen LogP contribution in [0.1, 0.15) is 21.5 Å². The number of thioether (sulfide) groups is 1. The van der Waals surface area contributed by atoms with Gasteiger partial charge in [0, 0.05) is 27.5 Å². The van der Waals surface area contributed by atoms with Gasteiger partial charge in [-0.25, -0.2) is 18.1 Å². The third-order valence-electron chi connectivity index (χ3n) is 7.12. The van der Waals surface area contributed by atoms with E-state index in [-0.39, 0.29) is 21.4 Å². The Morgan fingerprint density at radius 1 is 0.766 bits per heavy atom. The minimum atomic E-state index is -4.35.